The maximum Gasteiger partial charge on any atom is 0.319 e. The summed E-state index contributed by atoms with van der Waals surface area (Å²) in [6, 6.07) is 8.54. The predicted molar refractivity (Wildman–Crippen MR) is 105 cm³/mol. The number of ether oxygens (including phenoxy) is 2. The number of likely N-dealkylation sites (tertiary alicyclic amines) is 1. The summed E-state index contributed by atoms with van der Waals surface area (Å²) in [6.45, 7) is 1.14. The highest BCUT2D eigenvalue weighted by atomic mass is 16.5. The average molecular weight is 407 g/mol. The van der Waals surface area contributed by atoms with Crippen LogP contribution < -0.4 is 10.6 Å². The van der Waals surface area contributed by atoms with Gasteiger partial charge in [0.1, 0.15) is 18.3 Å². The summed E-state index contributed by atoms with van der Waals surface area (Å²) in [5, 5.41) is 25.8. The van der Waals surface area contributed by atoms with E-state index in [1.807, 2.05) is 6.07 Å². The topological polar surface area (TPSA) is 120 Å². The van der Waals surface area contributed by atoms with Crippen molar-refractivity contribution < 1.29 is 29.3 Å². The molecule has 29 heavy (non-hydrogen) atoms. The molecule has 0 aromatic heterocycles. The maximum absolute atomic E-state index is 12.6. The second kappa shape index (κ2) is 10.0. The number of carbonyl (C=O) groups excluding carboxylic acids is 2. The molecule has 0 spiro atoms. The van der Waals surface area contributed by atoms with Crippen LogP contribution in [0.1, 0.15) is 19.3 Å². The lowest BCUT2D eigenvalue weighted by molar-refractivity contribution is -0.137. The lowest BCUT2D eigenvalue weighted by Crippen LogP contribution is -2.42. The van der Waals surface area contributed by atoms with Crippen LogP contribution in [-0.4, -0.2) is 84.3 Å². The third kappa shape index (κ3) is 5.45. The Balaban J connectivity index is 1.48. The molecule has 5 atom stereocenters. The van der Waals surface area contributed by atoms with Gasteiger partial charge < -0.3 is 35.2 Å². The largest absolute Gasteiger partial charge is 0.388 e. The van der Waals surface area contributed by atoms with Crippen LogP contribution in [0.25, 0.3) is 0 Å². The first-order valence-corrected chi connectivity index (χ1v) is 9.89. The molecule has 3 rings (SSSR count). The third-order valence-corrected chi connectivity index (χ3v) is 5.39. The zero-order valence-electron chi connectivity index (χ0n) is 16.5. The van der Waals surface area contributed by atoms with Crippen molar-refractivity contribution in [3.05, 3.63) is 30.3 Å². The number of methoxy groups -OCH3 is 1. The zero-order chi connectivity index (χ0) is 20.8. The molecule has 2 saturated heterocycles. The van der Waals surface area contributed by atoms with Crippen molar-refractivity contribution in [2.45, 2.75) is 49.7 Å². The maximum atomic E-state index is 12.6. The lowest BCUT2D eigenvalue weighted by Gasteiger charge is -2.26. The van der Waals surface area contributed by atoms with Crippen LogP contribution in [0.2, 0.25) is 0 Å². The summed E-state index contributed by atoms with van der Waals surface area (Å²) in [7, 11) is 1.60. The summed E-state index contributed by atoms with van der Waals surface area (Å²) >= 11 is 0. The molecular formula is C20H29N3O6. The van der Waals surface area contributed by atoms with Crippen molar-refractivity contribution in [1.29, 1.82) is 0 Å². The number of hydrogen-bond donors (Lipinski definition) is 4. The van der Waals surface area contributed by atoms with Gasteiger partial charge in [-0.1, -0.05) is 18.2 Å². The van der Waals surface area contributed by atoms with Gasteiger partial charge in [0.2, 0.25) is 5.91 Å². The number of para-hydroxylation sites is 1. The number of urea groups is 1. The van der Waals surface area contributed by atoms with E-state index in [-0.39, 0.29) is 24.9 Å². The predicted octanol–water partition coefficient (Wildman–Crippen LogP) is 0.325. The fourth-order valence-corrected chi connectivity index (χ4v) is 3.87. The highest BCUT2D eigenvalue weighted by molar-refractivity contribution is 5.89. The van der Waals surface area contributed by atoms with Crippen LogP contribution in [0.3, 0.4) is 0 Å². The van der Waals surface area contributed by atoms with E-state index in [1.165, 1.54) is 0 Å². The second-order valence-corrected chi connectivity index (χ2v) is 7.44. The Morgan fingerprint density at radius 1 is 1.21 bits per heavy atom. The van der Waals surface area contributed by atoms with Crippen molar-refractivity contribution in [2.24, 2.45) is 0 Å². The summed E-state index contributed by atoms with van der Waals surface area (Å²) in [5.74, 6) is -0.128. The minimum atomic E-state index is -1.19. The minimum absolute atomic E-state index is 0.0115. The summed E-state index contributed by atoms with van der Waals surface area (Å²) < 4.78 is 10.9. The van der Waals surface area contributed by atoms with E-state index in [0.717, 1.165) is 12.8 Å². The number of hydrogen-bond acceptors (Lipinski definition) is 6. The third-order valence-electron chi connectivity index (χ3n) is 5.39. The number of carbonyl (C=O) groups is 2. The fourth-order valence-electron chi connectivity index (χ4n) is 3.87. The first-order valence-electron chi connectivity index (χ1n) is 9.89. The Bertz CT molecular complexity index is 688. The number of benzene rings is 1. The number of aliphatic hydroxyl groups is 2. The number of aliphatic hydroxyl groups excluding tert-OH is 2. The number of nitrogens with one attached hydrogen (secondary N) is 2. The normalized spacial score (nSPS) is 29.1. The molecular weight excluding hydrogens is 378 g/mol. The number of nitrogens with zero attached hydrogens (tertiary/aromatic N) is 1. The quantitative estimate of drug-likeness (QED) is 0.517. The van der Waals surface area contributed by atoms with E-state index in [0.29, 0.717) is 18.8 Å². The fraction of sp³-hybridized carbons (Fsp3) is 0.600. The van der Waals surface area contributed by atoms with Crippen molar-refractivity contribution in [1.82, 2.24) is 10.2 Å². The Morgan fingerprint density at radius 2 is 1.93 bits per heavy atom. The molecule has 1 aromatic rings. The first kappa shape index (κ1) is 21.5. The average Bonchev–Trinajstić information content (AvgIpc) is 3.28. The monoisotopic (exact) mass is 407 g/mol. The number of rotatable bonds is 7. The standard InChI is InChI=1S/C20H29N3O6/c1-28-12-14-8-5-9-23(14)17(24)10-15-18(25)19(26)16(29-15)11-21-20(27)22-13-6-3-2-4-7-13/h2-4,6-7,14-16,18-19,25-26H,5,8-12H2,1H3,(H2,21,22,27). The van der Waals surface area contributed by atoms with Crippen LogP contribution in [-0.2, 0) is 14.3 Å². The van der Waals surface area contributed by atoms with Gasteiger partial charge in [-0.05, 0) is 25.0 Å². The van der Waals surface area contributed by atoms with Gasteiger partial charge >= 0.3 is 6.03 Å². The number of amides is 3. The summed E-state index contributed by atoms with van der Waals surface area (Å²) in [6.07, 6.45) is -2.20. The van der Waals surface area contributed by atoms with E-state index < -0.39 is 30.4 Å². The molecule has 0 radical (unpaired) electrons. The molecule has 3 amide bonds. The van der Waals surface area contributed by atoms with Crippen LogP contribution >= 0.6 is 0 Å². The van der Waals surface area contributed by atoms with Gasteiger partial charge in [-0.3, -0.25) is 4.79 Å². The molecule has 1 aromatic carbocycles. The molecule has 4 N–H and O–H groups in total. The molecule has 2 fully saturated rings. The Labute approximate surface area is 170 Å². The van der Waals surface area contributed by atoms with Gasteiger partial charge in [0.15, 0.2) is 0 Å². The molecule has 2 heterocycles. The molecule has 2 aliphatic heterocycles. The highest BCUT2D eigenvalue weighted by Crippen LogP contribution is 2.26. The van der Waals surface area contributed by atoms with E-state index in [4.69, 9.17) is 9.47 Å². The van der Waals surface area contributed by atoms with Gasteiger partial charge in [-0.2, -0.15) is 0 Å². The van der Waals surface area contributed by atoms with Crippen molar-refractivity contribution in [3.8, 4) is 0 Å². The molecule has 2 aliphatic rings. The molecule has 160 valence electrons. The lowest BCUT2D eigenvalue weighted by atomic mass is 10.0. The first-order chi connectivity index (χ1) is 14.0. The minimum Gasteiger partial charge on any atom is -0.388 e. The van der Waals surface area contributed by atoms with Crippen LogP contribution in [0, 0.1) is 0 Å². The highest BCUT2D eigenvalue weighted by Gasteiger charge is 2.44. The van der Waals surface area contributed by atoms with E-state index in [9.17, 15) is 19.8 Å². The van der Waals surface area contributed by atoms with Gasteiger partial charge in [0, 0.05) is 25.9 Å². The zero-order valence-corrected chi connectivity index (χ0v) is 16.5. The number of anilines is 1. The van der Waals surface area contributed by atoms with Crippen LogP contribution in [0.15, 0.2) is 30.3 Å². The SMILES string of the molecule is COCC1CCCN1C(=O)CC1OC(CNC(=O)Nc2ccccc2)C(O)C1O. The van der Waals surface area contributed by atoms with Crippen molar-refractivity contribution in [3.63, 3.8) is 0 Å². The molecule has 0 saturated carbocycles. The molecule has 0 bridgehead atoms. The van der Waals surface area contributed by atoms with Gasteiger partial charge in [-0.15, -0.1) is 0 Å². The molecule has 5 unspecified atom stereocenters. The van der Waals surface area contributed by atoms with Crippen molar-refractivity contribution in [2.75, 3.05) is 32.1 Å². The Kier molecular flexibility index (Phi) is 7.43. The second-order valence-electron chi connectivity index (χ2n) is 7.44. The molecule has 0 aliphatic carbocycles. The van der Waals surface area contributed by atoms with Gasteiger partial charge in [-0.25, -0.2) is 4.79 Å². The smallest absolute Gasteiger partial charge is 0.319 e. The Morgan fingerprint density at radius 3 is 2.66 bits per heavy atom. The van der Waals surface area contributed by atoms with E-state index in [2.05, 4.69) is 10.6 Å². The van der Waals surface area contributed by atoms with Gasteiger partial charge in [0.25, 0.3) is 0 Å². The molecule has 9 heteroatoms. The van der Waals surface area contributed by atoms with Gasteiger partial charge in [0.05, 0.1) is 25.2 Å². The molecule has 9 nitrogen and oxygen atoms in total. The van der Waals surface area contributed by atoms with E-state index >= 15 is 0 Å². The van der Waals surface area contributed by atoms with Crippen LogP contribution in [0.4, 0.5) is 10.5 Å². The van der Waals surface area contributed by atoms with E-state index in [1.54, 1.807) is 36.3 Å². The summed E-state index contributed by atoms with van der Waals surface area (Å²) in [4.78, 5) is 26.4. The van der Waals surface area contributed by atoms with Crippen molar-refractivity contribution >= 4 is 17.6 Å². The van der Waals surface area contributed by atoms with Crippen LogP contribution in [0.5, 0.6) is 0 Å². The Hall–Kier alpha value is -2.20. The summed E-state index contributed by atoms with van der Waals surface area (Å²) in [5.41, 5.74) is 0.637.